The molecule has 0 atom stereocenters. The van der Waals surface area contributed by atoms with Crippen molar-refractivity contribution in [3.63, 3.8) is 0 Å². The molecule has 1 radical (unpaired) electrons. The summed E-state index contributed by atoms with van der Waals surface area (Å²) in [6, 6.07) is 0. The van der Waals surface area contributed by atoms with Gasteiger partial charge >= 0.3 is 5.97 Å². The Hall–Kier alpha value is -1.19. The minimum atomic E-state index is -0.478. The molecule has 1 aliphatic heterocycles. The van der Waals surface area contributed by atoms with Gasteiger partial charge in [-0.2, -0.15) is 0 Å². The molecule has 0 aromatic rings. The maximum atomic E-state index is 11.4. The van der Waals surface area contributed by atoms with E-state index in [4.69, 9.17) is 9.47 Å². The highest BCUT2D eigenvalue weighted by Crippen LogP contribution is 2.14. The lowest BCUT2D eigenvalue weighted by molar-refractivity contribution is -0.157. The van der Waals surface area contributed by atoms with E-state index < -0.39 is 11.6 Å². The summed E-state index contributed by atoms with van der Waals surface area (Å²) < 4.78 is 10.1. The van der Waals surface area contributed by atoms with Crippen molar-refractivity contribution in [2.75, 3.05) is 6.54 Å². The molecule has 1 N–H and O–H groups in total. The van der Waals surface area contributed by atoms with Gasteiger partial charge in [-0.3, -0.25) is 0 Å². The van der Waals surface area contributed by atoms with Crippen LogP contribution in [0.25, 0.3) is 0 Å². The van der Waals surface area contributed by atoms with Crippen LogP contribution >= 0.6 is 0 Å². The Labute approximate surface area is 77.9 Å². The van der Waals surface area contributed by atoms with Crippen LogP contribution in [0.2, 0.25) is 0 Å². The second-order valence-electron chi connectivity index (χ2n) is 3.73. The van der Waals surface area contributed by atoms with Crippen molar-refractivity contribution < 1.29 is 14.3 Å². The summed E-state index contributed by atoms with van der Waals surface area (Å²) in [6.45, 7) is 5.83. The SMILES string of the molecule is CC(C)(C)OC(=O)[C]1CNC=CO1. The summed E-state index contributed by atoms with van der Waals surface area (Å²) in [4.78, 5) is 11.4. The molecule has 1 heterocycles. The van der Waals surface area contributed by atoms with Gasteiger partial charge in [0.2, 0.25) is 0 Å². The summed E-state index contributed by atoms with van der Waals surface area (Å²) in [5.74, 6) is -0.413. The van der Waals surface area contributed by atoms with Gasteiger partial charge in [0.25, 0.3) is 6.10 Å². The summed E-state index contributed by atoms with van der Waals surface area (Å²) in [6.07, 6.45) is 3.34. The van der Waals surface area contributed by atoms with E-state index in [0.717, 1.165) is 0 Å². The molecule has 4 nitrogen and oxygen atoms in total. The standard InChI is InChI=1S/C9H14NO3/c1-9(2,3)13-8(11)7-6-10-4-5-12-7/h4-5,10H,6H2,1-3H3. The van der Waals surface area contributed by atoms with Crippen LogP contribution in [0.1, 0.15) is 20.8 Å². The Morgan fingerprint density at radius 3 is 2.77 bits per heavy atom. The number of carbonyl (C=O) groups is 1. The van der Waals surface area contributed by atoms with Gasteiger partial charge in [0.15, 0.2) is 0 Å². The molecular formula is C9H14NO3. The summed E-state index contributed by atoms with van der Waals surface area (Å²) in [5.41, 5.74) is -0.478. The summed E-state index contributed by atoms with van der Waals surface area (Å²) >= 11 is 0. The molecule has 73 valence electrons. The minimum absolute atomic E-state index is 0.289. The molecule has 0 aliphatic carbocycles. The maximum absolute atomic E-state index is 11.4. The van der Waals surface area contributed by atoms with E-state index in [1.165, 1.54) is 6.26 Å². The Balaban J connectivity index is 2.43. The van der Waals surface area contributed by atoms with E-state index in [1.807, 2.05) is 20.8 Å². The Morgan fingerprint density at radius 2 is 2.31 bits per heavy atom. The lowest BCUT2D eigenvalue weighted by Gasteiger charge is -2.23. The maximum Gasteiger partial charge on any atom is 0.357 e. The molecule has 0 amide bonds. The van der Waals surface area contributed by atoms with Crippen molar-refractivity contribution in [1.82, 2.24) is 5.32 Å². The number of nitrogens with one attached hydrogen (secondary N) is 1. The first-order valence-electron chi connectivity index (χ1n) is 4.13. The van der Waals surface area contributed by atoms with Crippen LogP contribution in [-0.4, -0.2) is 18.1 Å². The molecule has 0 bridgehead atoms. The molecule has 0 saturated heterocycles. The predicted molar refractivity (Wildman–Crippen MR) is 47.3 cm³/mol. The smallest absolute Gasteiger partial charge is 0.357 e. The lowest BCUT2D eigenvalue weighted by Crippen LogP contribution is -2.34. The lowest BCUT2D eigenvalue weighted by atomic mass is 10.2. The van der Waals surface area contributed by atoms with Crippen molar-refractivity contribution in [2.45, 2.75) is 26.4 Å². The third-order valence-corrected chi connectivity index (χ3v) is 1.29. The van der Waals surface area contributed by atoms with Crippen LogP contribution in [0.3, 0.4) is 0 Å². The molecule has 0 aromatic heterocycles. The van der Waals surface area contributed by atoms with E-state index >= 15 is 0 Å². The Bertz CT molecular complexity index is 217. The molecule has 0 saturated carbocycles. The van der Waals surface area contributed by atoms with Gasteiger partial charge < -0.3 is 14.8 Å². The zero-order valence-electron chi connectivity index (χ0n) is 8.09. The van der Waals surface area contributed by atoms with E-state index in [9.17, 15) is 4.79 Å². The van der Waals surface area contributed by atoms with Gasteiger partial charge in [-0.25, -0.2) is 4.79 Å². The first kappa shape index (κ1) is 9.89. The van der Waals surface area contributed by atoms with Crippen LogP contribution in [0.5, 0.6) is 0 Å². The average molecular weight is 184 g/mol. The Morgan fingerprint density at radius 1 is 1.62 bits per heavy atom. The quantitative estimate of drug-likeness (QED) is 0.616. The molecule has 1 rings (SSSR count). The van der Waals surface area contributed by atoms with Crippen LogP contribution < -0.4 is 5.32 Å². The highest BCUT2D eigenvalue weighted by Gasteiger charge is 2.28. The number of esters is 1. The van der Waals surface area contributed by atoms with Gasteiger partial charge in [-0.1, -0.05) is 0 Å². The molecule has 1 aliphatic rings. The van der Waals surface area contributed by atoms with Crippen LogP contribution in [-0.2, 0) is 14.3 Å². The normalized spacial score (nSPS) is 17.5. The van der Waals surface area contributed by atoms with E-state index in [-0.39, 0.29) is 6.10 Å². The molecule has 13 heavy (non-hydrogen) atoms. The predicted octanol–water partition coefficient (Wildman–Crippen LogP) is 0.951. The largest absolute Gasteiger partial charge is 0.475 e. The monoisotopic (exact) mass is 184 g/mol. The van der Waals surface area contributed by atoms with Gasteiger partial charge in [-0.15, -0.1) is 0 Å². The van der Waals surface area contributed by atoms with Crippen molar-refractivity contribution in [1.29, 1.82) is 0 Å². The minimum Gasteiger partial charge on any atom is -0.475 e. The first-order chi connectivity index (χ1) is 5.99. The van der Waals surface area contributed by atoms with Gasteiger partial charge in [-0.05, 0) is 20.8 Å². The second kappa shape index (κ2) is 3.68. The summed E-state index contributed by atoms with van der Waals surface area (Å²) in [7, 11) is 0. The number of carbonyl (C=O) groups excluding carboxylic acids is 1. The highest BCUT2D eigenvalue weighted by molar-refractivity contribution is 5.83. The fourth-order valence-electron chi connectivity index (χ4n) is 0.813. The average Bonchev–Trinajstić information content (AvgIpc) is 2.03. The second-order valence-corrected chi connectivity index (χ2v) is 3.73. The van der Waals surface area contributed by atoms with E-state index in [2.05, 4.69) is 5.32 Å². The Kier molecular flexibility index (Phi) is 2.80. The van der Waals surface area contributed by atoms with Crippen LogP contribution in [0, 0.1) is 6.10 Å². The fourth-order valence-corrected chi connectivity index (χ4v) is 0.813. The summed E-state index contributed by atoms with van der Waals surface area (Å²) in [5, 5.41) is 2.86. The van der Waals surface area contributed by atoms with E-state index in [1.54, 1.807) is 6.20 Å². The molecule has 0 spiro atoms. The highest BCUT2D eigenvalue weighted by atomic mass is 16.6. The molecule has 0 unspecified atom stereocenters. The molecule has 0 aromatic carbocycles. The van der Waals surface area contributed by atoms with Crippen molar-refractivity contribution >= 4 is 5.97 Å². The fraction of sp³-hybridized carbons (Fsp3) is 0.556. The zero-order chi connectivity index (χ0) is 9.90. The topological polar surface area (TPSA) is 47.6 Å². The number of hydrogen-bond donors (Lipinski definition) is 1. The first-order valence-corrected chi connectivity index (χ1v) is 4.13. The van der Waals surface area contributed by atoms with Crippen molar-refractivity contribution in [3.05, 3.63) is 18.6 Å². The molecule has 4 heteroatoms. The molecule has 0 fully saturated rings. The van der Waals surface area contributed by atoms with Gasteiger partial charge in [0.1, 0.15) is 11.9 Å². The number of ether oxygens (including phenoxy) is 2. The van der Waals surface area contributed by atoms with Gasteiger partial charge in [0, 0.05) is 6.20 Å². The van der Waals surface area contributed by atoms with Crippen molar-refractivity contribution in [3.8, 4) is 0 Å². The van der Waals surface area contributed by atoms with Crippen LogP contribution in [0.4, 0.5) is 0 Å². The molecular weight excluding hydrogens is 170 g/mol. The van der Waals surface area contributed by atoms with E-state index in [0.29, 0.717) is 6.54 Å². The third-order valence-electron chi connectivity index (χ3n) is 1.29. The number of rotatable bonds is 1. The number of hydrogen-bond acceptors (Lipinski definition) is 4. The zero-order valence-corrected chi connectivity index (χ0v) is 8.09. The van der Waals surface area contributed by atoms with Gasteiger partial charge in [0.05, 0.1) is 6.54 Å². The van der Waals surface area contributed by atoms with Crippen LogP contribution in [0.15, 0.2) is 12.5 Å². The van der Waals surface area contributed by atoms with Crippen molar-refractivity contribution in [2.24, 2.45) is 0 Å². The third kappa shape index (κ3) is 3.36.